The average molecular weight is 317 g/mol. The van der Waals surface area contributed by atoms with Crippen molar-refractivity contribution in [3.05, 3.63) is 47.3 Å². The summed E-state index contributed by atoms with van der Waals surface area (Å²) >= 11 is 0. The van der Waals surface area contributed by atoms with E-state index in [0.29, 0.717) is 18.1 Å². The van der Waals surface area contributed by atoms with E-state index in [4.69, 9.17) is 11.5 Å². The Balaban J connectivity index is 1.97. The van der Waals surface area contributed by atoms with Crippen LogP contribution in [0.25, 0.3) is 5.57 Å². The van der Waals surface area contributed by atoms with Gasteiger partial charge in [0.05, 0.1) is 0 Å². The monoisotopic (exact) mass is 317 g/mol. The number of rotatable bonds is 5. The Morgan fingerprint density at radius 2 is 2.27 bits per heavy atom. The van der Waals surface area contributed by atoms with Crippen molar-refractivity contribution in [2.45, 2.75) is 19.8 Å². The van der Waals surface area contributed by atoms with Crippen LogP contribution in [-0.2, 0) is 0 Å². The first-order valence-corrected chi connectivity index (χ1v) is 8.06. The summed E-state index contributed by atoms with van der Waals surface area (Å²) < 4.78 is 0. The van der Waals surface area contributed by atoms with Crippen molar-refractivity contribution in [3.8, 4) is 0 Å². The van der Waals surface area contributed by atoms with Crippen molar-refractivity contribution < 1.29 is 0 Å². The fourth-order valence-electron chi connectivity index (χ4n) is 2.30. The number of aliphatic imine (C=N–C) groups is 1. The van der Waals surface area contributed by atoms with Crippen molar-refractivity contribution in [3.63, 3.8) is 0 Å². The SMILES string of the molecule is CC/C(N)=N/C(N)=C(\P)CN1CC=C(c2cccnc2)CC1. The van der Waals surface area contributed by atoms with Crippen LogP contribution in [0.1, 0.15) is 25.3 Å². The number of hydrogen-bond acceptors (Lipinski definition) is 4. The lowest BCUT2D eigenvalue weighted by molar-refractivity contribution is 0.331. The number of hydrogen-bond donors (Lipinski definition) is 2. The van der Waals surface area contributed by atoms with E-state index in [-0.39, 0.29) is 0 Å². The molecule has 1 aromatic heterocycles. The molecule has 0 aliphatic carbocycles. The zero-order valence-electron chi connectivity index (χ0n) is 13.0. The van der Waals surface area contributed by atoms with Crippen molar-refractivity contribution in [2.24, 2.45) is 16.5 Å². The number of aromatic nitrogens is 1. The second kappa shape index (κ2) is 8.06. The van der Waals surface area contributed by atoms with Gasteiger partial charge >= 0.3 is 0 Å². The van der Waals surface area contributed by atoms with E-state index in [2.05, 4.69) is 36.3 Å². The third-order valence-corrected chi connectivity index (χ3v) is 4.15. The van der Waals surface area contributed by atoms with Crippen molar-refractivity contribution in [2.75, 3.05) is 19.6 Å². The standard InChI is InChI=1S/C16H24N5P/c1-2-15(17)20-16(18)14(22)11-21-8-5-12(6-9-21)13-4-3-7-19-10-13/h3-5,7,10H,2,6,8-9,11,18,22H2,1H3,(H2,17,20)/b16-14-. The Morgan fingerprint density at radius 3 is 2.86 bits per heavy atom. The Bertz CT molecular complexity index is 592. The molecule has 2 heterocycles. The molecular weight excluding hydrogens is 293 g/mol. The van der Waals surface area contributed by atoms with Gasteiger partial charge in [-0.3, -0.25) is 9.88 Å². The summed E-state index contributed by atoms with van der Waals surface area (Å²) in [5, 5.41) is 0.981. The summed E-state index contributed by atoms with van der Waals surface area (Å²) in [6.45, 7) is 4.65. The van der Waals surface area contributed by atoms with Crippen molar-refractivity contribution in [1.82, 2.24) is 9.88 Å². The molecule has 118 valence electrons. The molecule has 0 spiro atoms. The Morgan fingerprint density at radius 1 is 1.45 bits per heavy atom. The van der Waals surface area contributed by atoms with Crippen LogP contribution in [0.2, 0.25) is 0 Å². The van der Waals surface area contributed by atoms with Gasteiger partial charge in [-0.2, -0.15) is 0 Å². The second-order valence-electron chi connectivity index (χ2n) is 5.32. The maximum Gasteiger partial charge on any atom is 0.129 e. The third kappa shape index (κ3) is 4.65. The lowest BCUT2D eigenvalue weighted by atomic mass is 10.0. The minimum Gasteiger partial charge on any atom is -0.387 e. The quantitative estimate of drug-likeness (QED) is 0.494. The molecule has 0 saturated carbocycles. The first kappa shape index (κ1) is 16.7. The Labute approximate surface area is 134 Å². The molecule has 5 nitrogen and oxygen atoms in total. The summed E-state index contributed by atoms with van der Waals surface area (Å²) in [5.74, 6) is 1.07. The molecule has 0 amide bonds. The largest absolute Gasteiger partial charge is 0.387 e. The number of nitrogens with zero attached hydrogens (tertiary/aromatic N) is 3. The van der Waals surface area contributed by atoms with Gasteiger partial charge in [-0.05, 0) is 23.6 Å². The summed E-state index contributed by atoms with van der Waals surface area (Å²) in [5.41, 5.74) is 14.3. The average Bonchev–Trinajstić information content (AvgIpc) is 2.56. The van der Waals surface area contributed by atoms with Crippen LogP contribution in [0.15, 0.2) is 46.7 Å². The van der Waals surface area contributed by atoms with Gasteiger partial charge in [0.1, 0.15) is 11.7 Å². The summed E-state index contributed by atoms with van der Waals surface area (Å²) in [6.07, 6.45) is 7.71. The van der Waals surface area contributed by atoms with E-state index in [9.17, 15) is 0 Å². The Kier molecular flexibility index (Phi) is 6.10. The van der Waals surface area contributed by atoms with Crippen LogP contribution in [-0.4, -0.2) is 35.4 Å². The second-order valence-corrected chi connectivity index (χ2v) is 6.02. The fourth-order valence-corrected chi connectivity index (χ4v) is 2.62. The van der Waals surface area contributed by atoms with Crippen LogP contribution in [0.3, 0.4) is 0 Å². The summed E-state index contributed by atoms with van der Waals surface area (Å²) in [6, 6.07) is 4.08. The number of amidine groups is 1. The van der Waals surface area contributed by atoms with Crippen LogP contribution in [0.5, 0.6) is 0 Å². The van der Waals surface area contributed by atoms with Gasteiger partial charge in [-0.15, -0.1) is 9.24 Å². The molecule has 1 unspecified atom stereocenters. The lowest BCUT2D eigenvalue weighted by Crippen LogP contribution is -2.30. The molecule has 1 aromatic rings. The fraction of sp³-hybridized carbons (Fsp3) is 0.375. The molecule has 2 rings (SSSR count). The van der Waals surface area contributed by atoms with Crippen molar-refractivity contribution in [1.29, 1.82) is 0 Å². The molecule has 6 heteroatoms. The van der Waals surface area contributed by atoms with Crippen LogP contribution in [0.4, 0.5) is 0 Å². The van der Waals surface area contributed by atoms with Gasteiger partial charge in [0.25, 0.3) is 0 Å². The van der Waals surface area contributed by atoms with Gasteiger partial charge < -0.3 is 11.5 Å². The highest BCUT2D eigenvalue weighted by atomic mass is 31.0. The topological polar surface area (TPSA) is 80.5 Å². The normalized spacial score (nSPS) is 17.9. The highest BCUT2D eigenvalue weighted by Crippen LogP contribution is 2.23. The zero-order valence-corrected chi connectivity index (χ0v) is 14.2. The minimum absolute atomic E-state index is 0.506. The number of pyridine rings is 1. The van der Waals surface area contributed by atoms with Gasteiger partial charge in [-0.1, -0.05) is 19.1 Å². The van der Waals surface area contributed by atoms with Gasteiger partial charge in [0.15, 0.2) is 0 Å². The van der Waals surface area contributed by atoms with E-state index >= 15 is 0 Å². The van der Waals surface area contributed by atoms with E-state index in [1.165, 1.54) is 11.1 Å². The molecule has 1 aliphatic rings. The van der Waals surface area contributed by atoms with E-state index in [1.54, 1.807) is 6.20 Å². The summed E-state index contributed by atoms with van der Waals surface area (Å²) in [4.78, 5) is 10.7. The van der Waals surface area contributed by atoms with Gasteiger partial charge in [-0.25, -0.2) is 4.99 Å². The highest BCUT2D eigenvalue weighted by molar-refractivity contribution is 7.22. The van der Waals surface area contributed by atoms with Gasteiger partial charge in [0.2, 0.25) is 0 Å². The molecule has 0 bridgehead atoms. The molecule has 0 fully saturated rings. The van der Waals surface area contributed by atoms with Gasteiger partial charge in [0, 0.05) is 43.8 Å². The molecule has 0 radical (unpaired) electrons. The lowest BCUT2D eigenvalue weighted by Gasteiger charge is -2.26. The third-order valence-electron chi connectivity index (χ3n) is 3.67. The zero-order chi connectivity index (χ0) is 15.9. The maximum atomic E-state index is 5.97. The molecule has 1 aliphatic heterocycles. The highest BCUT2D eigenvalue weighted by Gasteiger charge is 2.14. The smallest absolute Gasteiger partial charge is 0.129 e. The van der Waals surface area contributed by atoms with Crippen molar-refractivity contribution >= 4 is 20.6 Å². The van der Waals surface area contributed by atoms with Crippen LogP contribution >= 0.6 is 9.24 Å². The van der Waals surface area contributed by atoms with Crippen LogP contribution in [0, 0.1) is 0 Å². The first-order chi connectivity index (χ1) is 10.6. The predicted octanol–water partition coefficient (Wildman–Crippen LogP) is 1.94. The molecule has 0 saturated heterocycles. The Hall–Kier alpha value is -1.71. The molecule has 4 N–H and O–H groups in total. The minimum atomic E-state index is 0.506. The van der Waals surface area contributed by atoms with E-state index in [1.807, 2.05) is 19.2 Å². The molecular formula is C16H24N5P. The van der Waals surface area contributed by atoms with E-state index in [0.717, 1.165) is 31.4 Å². The predicted molar refractivity (Wildman–Crippen MR) is 96.1 cm³/mol. The van der Waals surface area contributed by atoms with E-state index < -0.39 is 0 Å². The molecule has 22 heavy (non-hydrogen) atoms. The number of nitrogens with two attached hydrogens (primary N) is 2. The molecule has 0 aromatic carbocycles. The first-order valence-electron chi connectivity index (χ1n) is 7.49. The van der Waals surface area contributed by atoms with Crippen LogP contribution < -0.4 is 11.5 Å². The maximum absolute atomic E-state index is 5.97. The molecule has 1 atom stereocenters. The summed E-state index contributed by atoms with van der Waals surface area (Å²) in [7, 11) is 2.68.